The van der Waals surface area contributed by atoms with Crippen molar-refractivity contribution < 1.29 is 0 Å². The van der Waals surface area contributed by atoms with Crippen molar-refractivity contribution in [3.63, 3.8) is 0 Å². The van der Waals surface area contributed by atoms with Crippen molar-refractivity contribution in [3.8, 4) is 12.1 Å². The Bertz CT molecular complexity index is 1320. The van der Waals surface area contributed by atoms with Gasteiger partial charge in [-0.05, 0) is 22.3 Å². The zero-order valence-electron chi connectivity index (χ0n) is 19.9. The lowest BCUT2D eigenvalue weighted by Gasteiger charge is -2.61. The van der Waals surface area contributed by atoms with Gasteiger partial charge >= 0.3 is 0 Å². The van der Waals surface area contributed by atoms with E-state index in [4.69, 9.17) is 0 Å². The van der Waals surface area contributed by atoms with E-state index < -0.39 is 10.8 Å². The van der Waals surface area contributed by atoms with Gasteiger partial charge in [0, 0.05) is 11.8 Å². The van der Waals surface area contributed by atoms with Crippen molar-refractivity contribution in [2.24, 2.45) is 11.8 Å². The second kappa shape index (κ2) is 9.91. The molecule has 1 saturated carbocycles. The second-order valence-corrected chi connectivity index (χ2v) is 9.19. The van der Waals surface area contributed by atoms with Gasteiger partial charge in [0.2, 0.25) is 0 Å². The van der Waals surface area contributed by atoms with Crippen LogP contribution in [0.25, 0.3) is 12.2 Å². The molecule has 4 aromatic rings. The molecule has 0 N–H and O–H groups in total. The largest absolute Gasteiger partial charge is 0.197 e. The fraction of sp³-hybridized carbons (Fsp3) is 0.118. The SMILES string of the molecule is N#CC1(c2ccccc2)C(/C=C/c2ccccc2)C(C#N)(c2ccccc2)C1/C=C/c1ccccc1. The van der Waals surface area contributed by atoms with Gasteiger partial charge in [-0.25, -0.2) is 0 Å². The Morgan fingerprint density at radius 2 is 0.778 bits per heavy atom. The van der Waals surface area contributed by atoms with Crippen molar-refractivity contribution in [1.82, 2.24) is 0 Å². The van der Waals surface area contributed by atoms with Crippen molar-refractivity contribution >= 4 is 12.2 Å². The fourth-order valence-electron chi connectivity index (χ4n) is 5.71. The predicted octanol–water partition coefficient (Wildman–Crippen LogP) is 7.58. The minimum absolute atomic E-state index is 0.351. The van der Waals surface area contributed by atoms with E-state index >= 15 is 0 Å². The third kappa shape index (κ3) is 3.74. The van der Waals surface area contributed by atoms with Crippen molar-refractivity contribution in [2.75, 3.05) is 0 Å². The average Bonchev–Trinajstić information content (AvgIpc) is 2.95. The number of allylic oxidation sites excluding steroid dienone is 2. The summed E-state index contributed by atoms with van der Waals surface area (Å²) in [6.45, 7) is 0. The molecule has 172 valence electrons. The second-order valence-electron chi connectivity index (χ2n) is 9.19. The maximum absolute atomic E-state index is 10.9. The monoisotopic (exact) mass is 462 g/mol. The first-order valence-electron chi connectivity index (χ1n) is 12.2. The quantitative estimate of drug-likeness (QED) is 0.296. The molecular weight excluding hydrogens is 436 g/mol. The summed E-state index contributed by atoms with van der Waals surface area (Å²) in [6.07, 6.45) is 8.25. The molecule has 4 aromatic carbocycles. The van der Waals surface area contributed by atoms with Gasteiger partial charge in [0.05, 0.1) is 23.0 Å². The molecular formula is C34H26N2. The highest BCUT2D eigenvalue weighted by atomic mass is 14.7. The van der Waals surface area contributed by atoms with Gasteiger partial charge in [-0.15, -0.1) is 0 Å². The molecule has 0 radical (unpaired) electrons. The lowest BCUT2D eigenvalue weighted by atomic mass is 9.36. The topological polar surface area (TPSA) is 47.6 Å². The van der Waals surface area contributed by atoms with Crippen molar-refractivity contribution in [3.05, 3.63) is 156 Å². The first-order chi connectivity index (χ1) is 17.8. The number of nitriles is 2. The molecule has 0 heterocycles. The molecule has 1 aliphatic rings. The van der Waals surface area contributed by atoms with Crippen molar-refractivity contribution in [1.29, 1.82) is 10.5 Å². The van der Waals surface area contributed by atoms with Crippen LogP contribution < -0.4 is 0 Å². The lowest BCUT2D eigenvalue weighted by Crippen LogP contribution is -2.67. The van der Waals surface area contributed by atoms with Gasteiger partial charge in [0.25, 0.3) is 0 Å². The van der Waals surface area contributed by atoms with Crippen LogP contribution in [0.1, 0.15) is 22.3 Å². The smallest absolute Gasteiger partial charge is 0.0984 e. The molecule has 2 nitrogen and oxygen atoms in total. The maximum Gasteiger partial charge on any atom is 0.0984 e. The summed E-state index contributed by atoms with van der Waals surface area (Å²) in [7, 11) is 0. The zero-order valence-corrected chi connectivity index (χ0v) is 19.9. The molecule has 5 rings (SSSR count). The maximum atomic E-state index is 10.9. The summed E-state index contributed by atoms with van der Waals surface area (Å²) in [5.41, 5.74) is 2.15. The summed E-state index contributed by atoms with van der Waals surface area (Å²) < 4.78 is 0. The molecule has 0 saturated heterocycles. The van der Waals surface area contributed by atoms with Crippen LogP contribution in [0.3, 0.4) is 0 Å². The molecule has 0 unspecified atom stereocenters. The Hall–Kier alpha value is -4.66. The summed E-state index contributed by atoms with van der Waals surface area (Å²) >= 11 is 0. The first kappa shape index (κ1) is 23.1. The van der Waals surface area contributed by atoms with E-state index in [1.807, 2.05) is 133 Å². The predicted molar refractivity (Wildman–Crippen MR) is 145 cm³/mol. The number of hydrogen-bond acceptors (Lipinski definition) is 2. The van der Waals surface area contributed by atoms with E-state index in [0.29, 0.717) is 0 Å². The summed E-state index contributed by atoms with van der Waals surface area (Å²) in [6, 6.07) is 45.4. The van der Waals surface area contributed by atoms with E-state index in [9.17, 15) is 10.5 Å². The van der Waals surface area contributed by atoms with Crippen LogP contribution >= 0.6 is 0 Å². The third-order valence-corrected chi connectivity index (χ3v) is 7.40. The Morgan fingerprint density at radius 3 is 1.08 bits per heavy atom. The lowest BCUT2D eigenvalue weighted by molar-refractivity contribution is 0.0518. The highest BCUT2D eigenvalue weighted by Gasteiger charge is 2.71. The standard InChI is InChI=1S/C34H26N2/c35-25-33(29-17-9-3-10-18-29)31(23-21-27-13-5-1-6-14-27)34(26-36,30-19-11-4-12-20-30)32(33)24-22-28-15-7-2-8-16-28/h1-24,31-32H/b23-21+,24-22+. The van der Waals surface area contributed by atoms with E-state index in [1.165, 1.54) is 0 Å². The van der Waals surface area contributed by atoms with Crippen LogP contribution in [0.5, 0.6) is 0 Å². The highest BCUT2D eigenvalue weighted by molar-refractivity contribution is 5.63. The molecule has 0 amide bonds. The summed E-state index contributed by atoms with van der Waals surface area (Å²) in [4.78, 5) is 0. The number of hydrogen-bond donors (Lipinski definition) is 0. The molecule has 0 bridgehead atoms. The van der Waals surface area contributed by atoms with Crippen LogP contribution in [0.15, 0.2) is 133 Å². The van der Waals surface area contributed by atoms with Crippen LogP contribution in [0.2, 0.25) is 0 Å². The van der Waals surface area contributed by atoms with Gasteiger partial charge in [0.1, 0.15) is 0 Å². The van der Waals surface area contributed by atoms with Crippen molar-refractivity contribution in [2.45, 2.75) is 10.8 Å². The van der Waals surface area contributed by atoms with Gasteiger partial charge in [0.15, 0.2) is 0 Å². The highest BCUT2D eigenvalue weighted by Crippen LogP contribution is 2.66. The summed E-state index contributed by atoms with van der Waals surface area (Å²) in [5, 5.41) is 21.7. The Labute approximate surface area is 213 Å². The normalized spacial score (nSPS) is 25.2. The number of benzene rings is 4. The Kier molecular flexibility index (Phi) is 6.36. The average molecular weight is 463 g/mol. The molecule has 0 aromatic heterocycles. The van der Waals surface area contributed by atoms with Crippen LogP contribution in [0, 0.1) is 34.5 Å². The van der Waals surface area contributed by atoms with Gasteiger partial charge in [-0.2, -0.15) is 10.5 Å². The minimum atomic E-state index is -0.899. The zero-order chi connectivity index (χ0) is 24.8. The number of nitrogens with zero attached hydrogens (tertiary/aromatic N) is 2. The molecule has 0 spiro atoms. The molecule has 2 heteroatoms. The van der Waals surface area contributed by atoms with Crippen LogP contribution in [-0.4, -0.2) is 0 Å². The van der Waals surface area contributed by atoms with Gasteiger partial charge in [-0.3, -0.25) is 0 Å². The Balaban J connectivity index is 1.73. The van der Waals surface area contributed by atoms with E-state index in [1.54, 1.807) is 0 Å². The van der Waals surface area contributed by atoms with Gasteiger partial charge in [-0.1, -0.05) is 146 Å². The molecule has 36 heavy (non-hydrogen) atoms. The molecule has 0 aliphatic heterocycles. The molecule has 1 aliphatic carbocycles. The van der Waals surface area contributed by atoms with Crippen LogP contribution in [-0.2, 0) is 10.8 Å². The van der Waals surface area contributed by atoms with Gasteiger partial charge < -0.3 is 0 Å². The first-order valence-corrected chi connectivity index (χ1v) is 12.2. The Morgan fingerprint density at radius 1 is 0.472 bits per heavy atom. The number of rotatable bonds is 6. The molecule has 1 fully saturated rings. The van der Waals surface area contributed by atoms with E-state index in [-0.39, 0.29) is 11.8 Å². The van der Waals surface area contributed by atoms with Crippen LogP contribution in [0.4, 0.5) is 0 Å². The fourth-order valence-corrected chi connectivity index (χ4v) is 5.71. The summed E-state index contributed by atoms with van der Waals surface area (Å²) in [5.74, 6) is -0.703. The minimum Gasteiger partial charge on any atom is -0.197 e. The third-order valence-electron chi connectivity index (χ3n) is 7.40. The molecule has 0 atom stereocenters. The van der Waals surface area contributed by atoms with E-state index in [0.717, 1.165) is 22.3 Å². The van der Waals surface area contributed by atoms with E-state index in [2.05, 4.69) is 24.3 Å².